The summed E-state index contributed by atoms with van der Waals surface area (Å²) in [4.78, 5) is 0. The van der Waals surface area contributed by atoms with E-state index in [9.17, 15) is 10.2 Å². The minimum absolute atomic E-state index is 0.0239. The van der Waals surface area contributed by atoms with Gasteiger partial charge in [0.05, 0.1) is 24.6 Å². The lowest BCUT2D eigenvalue weighted by Crippen LogP contribution is -2.64. The van der Waals surface area contributed by atoms with Crippen LogP contribution in [0.2, 0.25) is 0 Å². The Labute approximate surface area is 185 Å². The summed E-state index contributed by atoms with van der Waals surface area (Å²) in [6, 6.07) is 3.84. The Kier molecular flexibility index (Phi) is 4.26. The molecule has 1 aromatic rings. The molecule has 0 amide bonds. The van der Waals surface area contributed by atoms with Crippen LogP contribution in [0, 0.1) is 34.5 Å². The highest BCUT2D eigenvalue weighted by Gasteiger charge is 2.71. The molecule has 0 radical (unpaired) electrons. The van der Waals surface area contributed by atoms with Crippen LogP contribution < -0.4 is 0 Å². The van der Waals surface area contributed by atoms with Gasteiger partial charge in [-0.1, -0.05) is 13.8 Å². The Bertz CT molecular complexity index is 850. The molecule has 5 nitrogen and oxygen atoms in total. The molecule has 5 fully saturated rings. The van der Waals surface area contributed by atoms with Gasteiger partial charge in [-0.3, -0.25) is 0 Å². The Morgan fingerprint density at radius 1 is 0.903 bits per heavy atom. The Morgan fingerprint density at radius 3 is 2.39 bits per heavy atom. The van der Waals surface area contributed by atoms with Crippen molar-refractivity contribution in [3.63, 3.8) is 0 Å². The van der Waals surface area contributed by atoms with Crippen LogP contribution in [0.5, 0.6) is 0 Å². The summed E-state index contributed by atoms with van der Waals surface area (Å²) in [7, 11) is 0. The number of furan rings is 1. The van der Waals surface area contributed by atoms with Crippen molar-refractivity contribution >= 4 is 0 Å². The minimum Gasteiger partial charge on any atom is -0.466 e. The monoisotopic (exact) mass is 430 g/mol. The quantitative estimate of drug-likeness (QED) is 0.681. The van der Waals surface area contributed by atoms with Crippen molar-refractivity contribution in [2.75, 3.05) is 0 Å². The van der Waals surface area contributed by atoms with Crippen molar-refractivity contribution in [1.82, 2.24) is 0 Å². The molecular weight excluding hydrogens is 392 g/mol. The van der Waals surface area contributed by atoms with Crippen LogP contribution in [0.1, 0.15) is 78.4 Å². The Balaban J connectivity index is 1.44. The zero-order valence-electron chi connectivity index (χ0n) is 19.3. The van der Waals surface area contributed by atoms with Gasteiger partial charge in [0.15, 0.2) is 5.79 Å². The van der Waals surface area contributed by atoms with E-state index in [2.05, 4.69) is 13.8 Å². The summed E-state index contributed by atoms with van der Waals surface area (Å²) in [5, 5.41) is 22.5. The van der Waals surface area contributed by atoms with Gasteiger partial charge in [0.25, 0.3) is 0 Å². The maximum Gasteiger partial charge on any atom is 0.163 e. The van der Waals surface area contributed by atoms with Gasteiger partial charge in [-0.25, -0.2) is 0 Å². The Hall–Kier alpha value is -0.880. The third kappa shape index (κ3) is 2.58. The molecule has 1 saturated heterocycles. The molecule has 2 heterocycles. The lowest BCUT2D eigenvalue weighted by Gasteiger charge is -2.63. The summed E-state index contributed by atoms with van der Waals surface area (Å²) in [6.45, 7) is 8.82. The van der Waals surface area contributed by atoms with Crippen molar-refractivity contribution in [3.8, 4) is 0 Å². The van der Waals surface area contributed by atoms with Crippen molar-refractivity contribution in [2.24, 2.45) is 34.5 Å². The van der Waals surface area contributed by atoms with Crippen LogP contribution in [0.15, 0.2) is 22.8 Å². The van der Waals surface area contributed by atoms with Gasteiger partial charge in [0.2, 0.25) is 0 Å². The number of hydrogen-bond acceptors (Lipinski definition) is 5. The average Bonchev–Trinajstić information content (AvgIpc) is 3.41. The number of aliphatic hydroxyl groups is 2. The van der Waals surface area contributed by atoms with Crippen LogP contribution in [-0.2, 0) is 15.1 Å². The van der Waals surface area contributed by atoms with E-state index in [-0.39, 0.29) is 29.1 Å². The zero-order chi connectivity index (χ0) is 21.8. The number of fused-ring (bicyclic) bond motifs is 8. The second-order valence-electron chi connectivity index (χ2n) is 12.2. The second kappa shape index (κ2) is 6.37. The molecule has 4 aliphatic carbocycles. The molecule has 1 unspecified atom stereocenters. The molecule has 1 aromatic heterocycles. The van der Waals surface area contributed by atoms with Crippen LogP contribution >= 0.6 is 0 Å². The largest absolute Gasteiger partial charge is 0.466 e. The predicted molar refractivity (Wildman–Crippen MR) is 115 cm³/mol. The summed E-state index contributed by atoms with van der Waals surface area (Å²) in [5.41, 5.74) is -0.997. The molecule has 31 heavy (non-hydrogen) atoms. The summed E-state index contributed by atoms with van der Waals surface area (Å²) < 4.78 is 19.0. The van der Waals surface area contributed by atoms with Gasteiger partial charge in [0.1, 0.15) is 11.4 Å². The number of aliphatic hydroxyl groups excluding tert-OH is 1. The standard InChI is InChI=1S/C26H38O5/c1-23(2)30-21-18-14-15(27)7-10-24(18,3)16-8-11-25(4)17(20(16)22(21)31-23)9-12-26(25,28)19-6-5-13-29-19/h5-6,13,15-18,20-22,27-28H,7-12,14H2,1-4H3/t15-,16-,17-,18+,20?,21+,22+,24+,25-,26+/m0/s1. The zero-order valence-corrected chi connectivity index (χ0v) is 19.3. The van der Waals surface area contributed by atoms with E-state index in [1.54, 1.807) is 6.26 Å². The van der Waals surface area contributed by atoms with E-state index in [1.807, 2.05) is 26.0 Å². The second-order valence-corrected chi connectivity index (χ2v) is 12.2. The number of rotatable bonds is 1. The summed E-state index contributed by atoms with van der Waals surface area (Å²) >= 11 is 0. The fourth-order valence-electron chi connectivity index (χ4n) is 9.10. The molecule has 172 valence electrons. The lowest BCUT2D eigenvalue weighted by atomic mass is 9.43. The van der Waals surface area contributed by atoms with E-state index in [4.69, 9.17) is 13.9 Å². The first kappa shape index (κ1) is 20.7. The molecule has 0 bridgehead atoms. The predicted octanol–water partition coefficient (Wildman–Crippen LogP) is 4.61. The van der Waals surface area contributed by atoms with Gasteiger partial charge in [-0.05, 0) is 100 Å². The molecule has 0 spiro atoms. The SMILES string of the molecule is CC1(C)O[C@H]2[C@H](O1)C1[C@H](CC[C@@]3(C)[C@H]1CC[C@@]3(O)c1ccco1)[C@@]1(C)CC[C@H](O)C[C@H]21. The molecule has 10 atom stereocenters. The van der Waals surface area contributed by atoms with Crippen LogP contribution in [0.25, 0.3) is 0 Å². The van der Waals surface area contributed by atoms with E-state index >= 15 is 0 Å². The average molecular weight is 431 g/mol. The topological polar surface area (TPSA) is 72.1 Å². The maximum atomic E-state index is 12.0. The fraction of sp³-hybridized carbons (Fsp3) is 0.846. The number of hydrogen-bond donors (Lipinski definition) is 2. The highest BCUT2D eigenvalue weighted by atomic mass is 16.8. The highest BCUT2D eigenvalue weighted by Crippen LogP contribution is 2.71. The molecule has 0 aromatic carbocycles. The number of ether oxygens (including phenoxy) is 2. The summed E-state index contributed by atoms with van der Waals surface area (Å²) in [6.07, 6.45) is 8.10. The molecular formula is C26H38O5. The first-order valence-electron chi connectivity index (χ1n) is 12.4. The van der Waals surface area contributed by atoms with E-state index < -0.39 is 11.4 Å². The minimum atomic E-state index is -0.920. The van der Waals surface area contributed by atoms with E-state index in [0.717, 1.165) is 50.7 Å². The smallest absolute Gasteiger partial charge is 0.163 e. The first-order chi connectivity index (χ1) is 14.6. The van der Waals surface area contributed by atoms with Gasteiger partial charge >= 0.3 is 0 Å². The first-order valence-corrected chi connectivity index (χ1v) is 12.4. The summed E-state index contributed by atoms with van der Waals surface area (Å²) in [5.74, 6) is 1.73. The third-order valence-corrected chi connectivity index (χ3v) is 10.6. The van der Waals surface area contributed by atoms with Crippen molar-refractivity contribution in [3.05, 3.63) is 24.2 Å². The van der Waals surface area contributed by atoms with Crippen LogP contribution in [0.3, 0.4) is 0 Å². The third-order valence-electron chi connectivity index (χ3n) is 10.6. The van der Waals surface area contributed by atoms with Gasteiger partial charge in [-0.2, -0.15) is 0 Å². The van der Waals surface area contributed by atoms with E-state index in [1.165, 1.54) is 0 Å². The molecule has 6 rings (SSSR count). The van der Waals surface area contributed by atoms with Crippen LogP contribution in [-0.4, -0.2) is 34.3 Å². The van der Waals surface area contributed by atoms with Crippen molar-refractivity contribution in [1.29, 1.82) is 0 Å². The molecule has 2 N–H and O–H groups in total. The van der Waals surface area contributed by atoms with Gasteiger partial charge < -0.3 is 24.1 Å². The van der Waals surface area contributed by atoms with Gasteiger partial charge in [0, 0.05) is 5.41 Å². The molecule has 4 saturated carbocycles. The Morgan fingerprint density at radius 2 is 1.65 bits per heavy atom. The van der Waals surface area contributed by atoms with Crippen LogP contribution in [0.4, 0.5) is 0 Å². The molecule has 5 heteroatoms. The fourth-order valence-corrected chi connectivity index (χ4v) is 9.10. The maximum absolute atomic E-state index is 12.0. The van der Waals surface area contributed by atoms with Crippen molar-refractivity contribution < 1.29 is 24.1 Å². The molecule has 5 aliphatic rings. The van der Waals surface area contributed by atoms with Gasteiger partial charge in [-0.15, -0.1) is 0 Å². The highest BCUT2D eigenvalue weighted by molar-refractivity contribution is 5.24. The van der Waals surface area contributed by atoms with E-state index in [0.29, 0.717) is 23.7 Å². The lowest BCUT2D eigenvalue weighted by molar-refractivity contribution is -0.208. The molecule has 1 aliphatic heterocycles. The van der Waals surface area contributed by atoms with Crippen molar-refractivity contribution in [2.45, 2.75) is 102 Å². The normalized spacial score (nSPS) is 55.2.